The molecule has 1 aromatic rings. The molecule has 0 aliphatic heterocycles. The van der Waals surface area contributed by atoms with E-state index in [1.807, 2.05) is 0 Å². The van der Waals surface area contributed by atoms with Crippen LogP contribution in [0.2, 0.25) is 0 Å². The number of allylic oxidation sites excluding steroid dienone is 1. The van der Waals surface area contributed by atoms with Gasteiger partial charge < -0.3 is 5.73 Å². The van der Waals surface area contributed by atoms with Crippen molar-refractivity contribution < 1.29 is 9.59 Å². The van der Waals surface area contributed by atoms with Crippen molar-refractivity contribution in [3.63, 3.8) is 0 Å². The smallest absolute Gasteiger partial charge is 0.242 e. The Hall–Kier alpha value is -1.42. The van der Waals surface area contributed by atoms with Gasteiger partial charge in [0, 0.05) is 11.1 Å². The molecule has 2 N–H and O–H groups in total. The summed E-state index contributed by atoms with van der Waals surface area (Å²) in [6.45, 7) is 0. The number of fused-ring (bicyclic) bond motifs is 1. The molecule has 1 aromatic carbocycles. The number of carbonyl (C=O) groups is 2. The molecule has 0 aromatic heterocycles. The Labute approximate surface area is 88.7 Å². The Morgan fingerprint density at radius 1 is 1.00 bits per heavy atom. The van der Waals surface area contributed by atoms with Crippen LogP contribution in [0, 0.1) is 0 Å². The largest absolute Gasteiger partial charge is 0.397 e. The molecule has 4 heteroatoms. The van der Waals surface area contributed by atoms with Gasteiger partial charge in [-0.05, 0) is 15.9 Å². The third-order valence-corrected chi connectivity index (χ3v) is 2.89. The number of hydrogen-bond acceptors (Lipinski definition) is 3. The molecule has 0 saturated heterocycles. The van der Waals surface area contributed by atoms with E-state index in [0.29, 0.717) is 16.8 Å². The molecule has 0 atom stereocenters. The molecule has 0 unspecified atom stereocenters. The standard InChI is InChI=1S/C10H6BrNO2/c11-7-8(12)5-3-1-2-4-6(5)9(13)10(7)14/h1-4H,12H2. The SMILES string of the molecule is NC1=C(Br)C(=O)C(=O)c2ccccc21. The zero-order chi connectivity index (χ0) is 10.3. The Kier molecular flexibility index (Phi) is 2.00. The van der Waals surface area contributed by atoms with Crippen molar-refractivity contribution in [2.24, 2.45) is 5.73 Å². The normalized spacial score (nSPS) is 15.8. The highest BCUT2D eigenvalue weighted by Gasteiger charge is 2.29. The molecule has 0 fully saturated rings. The lowest BCUT2D eigenvalue weighted by molar-refractivity contribution is -0.111. The molecule has 3 nitrogen and oxygen atoms in total. The fraction of sp³-hybridized carbons (Fsp3) is 0. The van der Waals surface area contributed by atoms with Crippen LogP contribution in [0.15, 0.2) is 28.7 Å². The zero-order valence-corrected chi connectivity index (χ0v) is 8.67. The van der Waals surface area contributed by atoms with Gasteiger partial charge in [0.05, 0.1) is 10.2 Å². The first-order chi connectivity index (χ1) is 6.63. The maximum atomic E-state index is 11.5. The first kappa shape index (κ1) is 9.15. The van der Waals surface area contributed by atoms with E-state index in [4.69, 9.17) is 5.73 Å². The van der Waals surface area contributed by atoms with Crippen molar-refractivity contribution in [3.8, 4) is 0 Å². The summed E-state index contributed by atoms with van der Waals surface area (Å²) in [5.74, 6) is -1.09. The second-order valence-corrected chi connectivity index (χ2v) is 3.72. The predicted molar refractivity (Wildman–Crippen MR) is 55.8 cm³/mol. The van der Waals surface area contributed by atoms with Gasteiger partial charge in [0.1, 0.15) is 0 Å². The minimum Gasteiger partial charge on any atom is -0.397 e. The van der Waals surface area contributed by atoms with Crippen molar-refractivity contribution in [2.75, 3.05) is 0 Å². The summed E-state index contributed by atoms with van der Waals surface area (Å²) >= 11 is 3.01. The van der Waals surface area contributed by atoms with Gasteiger partial charge in [0.2, 0.25) is 11.6 Å². The van der Waals surface area contributed by atoms with Crippen LogP contribution >= 0.6 is 15.9 Å². The third kappa shape index (κ3) is 1.11. The molecule has 70 valence electrons. The summed E-state index contributed by atoms with van der Waals surface area (Å²) in [7, 11) is 0. The number of carbonyl (C=O) groups excluding carboxylic acids is 2. The Bertz CT molecular complexity index is 477. The highest BCUT2D eigenvalue weighted by Crippen LogP contribution is 2.28. The van der Waals surface area contributed by atoms with Gasteiger partial charge in [-0.15, -0.1) is 0 Å². The number of nitrogens with two attached hydrogens (primary N) is 1. The van der Waals surface area contributed by atoms with Crippen molar-refractivity contribution >= 4 is 33.2 Å². The van der Waals surface area contributed by atoms with Crippen LogP contribution in [0.25, 0.3) is 5.70 Å². The van der Waals surface area contributed by atoms with Crippen LogP contribution < -0.4 is 5.73 Å². The number of benzene rings is 1. The molecular weight excluding hydrogens is 246 g/mol. The minimum absolute atomic E-state index is 0.154. The molecule has 1 aliphatic rings. The van der Waals surface area contributed by atoms with E-state index < -0.39 is 11.6 Å². The highest BCUT2D eigenvalue weighted by molar-refractivity contribution is 9.12. The average molecular weight is 252 g/mol. The van der Waals surface area contributed by atoms with Gasteiger partial charge in [-0.3, -0.25) is 9.59 Å². The summed E-state index contributed by atoms with van der Waals surface area (Å²) in [6, 6.07) is 6.80. The lowest BCUT2D eigenvalue weighted by atomic mass is 9.93. The van der Waals surface area contributed by atoms with E-state index in [2.05, 4.69) is 15.9 Å². The lowest BCUT2D eigenvalue weighted by Crippen LogP contribution is -2.23. The van der Waals surface area contributed by atoms with E-state index in [9.17, 15) is 9.59 Å². The monoisotopic (exact) mass is 251 g/mol. The van der Waals surface area contributed by atoms with Gasteiger partial charge in [-0.1, -0.05) is 24.3 Å². The average Bonchev–Trinajstić information content (AvgIpc) is 2.23. The fourth-order valence-electron chi connectivity index (χ4n) is 1.38. The molecule has 0 saturated carbocycles. The number of rotatable bonds is 0. The summed E-state index contributed by atoms with van der Waals surface area (Å²) in [5, 5.41) is 0. The summed E-state index contributed by atoms with van der Waals surface area (Å²) in [4.78, 5) is 22.9. The van der Waals surface area contributed by atoms with Crippen LogP contribution in [0.3, 0.4) is 0 Å². The van der Waals surface area contributed by atoms with Crippen molar-refractivity contribution in [1.29, 1.82) is 0 Å². The number of Topliss-reactive ketones (excluding diaryl/α,β-unsaturated/α-hetero) is 2. The topological polar surface area (TPSA) is 60.2 Å². The highest BCUT2D eigenvalue weighted by atomic mass is 79.9. The van der Waals surface area contributed by atoms with Gasteiger partial charge in [0.25, 0.3) is 0 Å². The summed E-state index contributed by atoms with van der Waals surface area (Å²) in [6.07, 6.45) is 0. The van der Waals surface area contributed by atoms with Crippen LogP contribution in [0.1, 0.15) is 15.9 Å². The number of ketones is 2. The van der Waals surface area contributed by atoms with Crippen molar-refractivity contribution in [1.82, 2.24) is 0 Å². The quantitative estimate of drug-likeness (QED) is 0.711. The first-order valence-corrected chi connectivity index (χ1v) is 4.76. The summed E-state index contributed by atoms with van der Waals surface area (Å²) < 4.78 is 0.154. The molecule has 0 radical (unpaired) electrons. The van der Waals surface area contributed by atoms with Crippen LogP contribution in [-0.2, 0) is 4.79 Å². The third-order valence-electron chi connectivity index (χ3n) is 2.10. The second kappa shape index (κ2) is 3.06. The first-order valence-electron chi connectivity index (χ1n) is 3.96. The maximum absolute atomic E-state index is 11.5. The second-order valence-electron chi connectivity index (χ2n) is 2.93. The van der Waals surface area contributed by atoms with Gasteiger partial charge in [-0.2, -0.15) is 0 Å². The minimum atomic E-state index is -0.582. The van der Waals surface area contributed by atoms with E-state index in [-0.39, 0.29) is 4.48 Å². The predicted octanol–water partition coefficient (Wildman–Crippen LogP) is 1.47. The van der Waals surface area contributed by atoms with Crippen LogP contribution in [0.4, 0.5) is 0 Å². The Morgan fingerprint density at radius 3 is 2.21 bits per heavy atom. The molecule has 0 bridgehead atoms. The fourth-order valence-corrected chi connectivity index (χ4v) is 1.77. The molecule has 0 amide bonds. The number of hydrogen-bond donors (Lipinski definition) is 1. The lowest BCUT2D eigenvalue weighted by Gasteiger charge is -2.14. The Morgan fingerprint density at radius 2 is 1.57 bits per heavy atom. The molecule has 14 heavy (non-hydrogen) atoms. The van der Waals surface area contributed by atoms with E-state index in [1.165, 1.54) is 0 Å². The molecule has 0 spiro atoms. The zero-order valence-electron chi connectivity index (χ0n) is 7.08. The van der Waals surface area contributed by atoms with Crippen molar-refractivity contribution in [2.45, 2.75) is 0 Å². The van der Waals surface area contributed by atoms with Gasteiger partial charge in [0.15, 0.2) is 0 Å². The van der Waals surface area contributed by atoms with Crippen LogP contribution in [-0.4, -0.2) is 11.6 Å². The molecule has 2 rings (SSSR count). The van der Waals surface area contributed by atoms with Crippen molar-refractivity contribution in [3.05, 3.63) is 39.9 Å². The maximum Gasteiger partial charge on any atom is 0.242 e. The number of halogens is 1. The van der Waals surface area contributed by atoms with Gasteiger partial charge >= 0.3 is 0 Å². The van der Waals surface area contributed by atoms with Gasteiger partial charge in [-0.25, -0.2) is 0 Å². The van der Waals surface area contributed by atoms with E-state index in [1.54, 1.807) is 24.3 Å². The van der Waals surface area contributed by atoms with E-state index >= 15 is 0 Å². The molecular formula is C10H6BrNO2. The molecule has 1 aliphatic carbocycles. The van der Waals surface area contributed by atoms with E-state index in [0.717, 1.165) is 0 Å². The molecule has 0 heterocycles. The summed E-state index contributed by atoms with van der Waals surface area (Å²) in [5.41, 5.74) is 7.01. The van der Waals surface area contributed by atoms with Crippen LogP contribution in [0.5, 0.6) is 0 Å². The Balaban J connectivity index is 2.78.